The van der Waals surface area contributed by atoms with Gasteiger partial charge in [0, 0.05) is 38.0 Å². The molecular formula is C21H29FN2O4S. The fourth-order valence-corrected chi connectivity index (χ4v) is 6.60. The van der Waals surface area contributed by atoms with Crippen molar-refractivity contribution in [3.8, 4) is 0 Å². The maximum Gasteiger partial charge on any atom is 0.243 e. The molecule has 0 unspecified atom stereocenters. The molecule has 160 valence electrons. The molecule has 0 bridgehead atoms. The van der Waals surface area contributed by atoms with Gasteiger partial charge in [0.15, 0.2) is 0 Å². The van der Waals surface area contributed by atoms with E-state index in [0.717, 1.165) is 37.8 Å². The van der Waals surface area contributed by atoms with E-state index in [9.17, 15) is 22.7 Å². The van der Waals surface area contributed by atoms with Gasteiger partial charge in [-0.1, -0.05) is 12.8 Å². The van der Waals surface area contributed by atoms with Gasteiger partial charge in [0.1, 0.15) is 5.82 Å². The molecule has 6 nitrogen and oxygen atoms in total. The Morgan fingerprint density at radius 3 is 2.41 bits per heavy atom. The van der Waals surface area contributed by atoms with Gasteiger partial charge in [-0.3, -0.25) is 4.79 Å². The zero-order chi connectivity index (χ0) is 20.6. The van der Waals surface area contributed by atoms with Crippen LogP contribution in [0.5, 0.6) is 0 Å². The summed E-state index contributed by atoms with van der Waals surface area (Å²) in [5, 5.41) is 10.8. The number of carbonyl (C=O) groups is 1. The first-order chi connectivity index (χ1) is 13.8. The van der Waals surface area contributed by atoms with E-state index in [-0.39, 0.29) is 35.7 Å². The second-order valence-electron chi connectivity index (χ2n) is 8.71. The summed E-state index contributed by atoms with van der Waals surface area (Å²) in [6.07, 6.45) is 5.58. The summed E-state index contributed by atoms with van der Waals surface area (Å²) in [5.41, 5.74) is -0.609. The highest BCUT2D eigenvalue weighted by Gasteiger charge is 2.45. The molecule has 1 amide bonds. The Balaban J connectivity index is 1.36. The van der Waals surface area contributed by atoms with Gasteiger partial charge >= 0.3 is 0 Å². The molecule has 8 heteroatoms. The summed E-state index contributed by atoms with van der Waals surface area (Å²) in [7, 11) is -3.67. The first kappa shape index (κ1) is 20.8. The summed E-state index contributed by atoms with van der Waals surface area (Å²) in [6.45, 7) is 1.78. The van der Waals surface area contributed by atoms with Gasteiger partial charge < -0.3 is 10.0 Å². The molecule has 0 radical (unpaired) electrons. The van der Waals surface area contributed by atoms with Gasteiger partial charge in [-0.15, -0.1) is 0 Å². The second kappa shape index (κ2) is 7.96. The van der Waals surface area contributed by atoms with Crippen LogP contribution in [0.1, 0.15) is 44.9 Å². The van der Waals surface area contributed by atoms with E-state index >= 15 is 0 Å². The number of nitrogens with zero attached hydrogens (tertiary/aromatic N) is 2. The largest absolute Gasteiger partial charge is 0.389 e. The highest BCUT2D eigenvalue weighted by atomic mass is 32.2. The van der Waals surface area contributed by atoms with Crippen LogP contribution in [0.4, 0.5) is 4.39 Å². The molecule has 3 aliphatic rings. The number of carbonyl (C=O) groups excluding carboxylic acids is 1. The number of amides is 1. The maximum absolute atomic E-state index is 13.1. The van der Waals surface area contributed by atoms with E-state index in [2.05, 4.69) is 0 Å². The van der Waals surface area contributed by atoms with E-state index in [1.54, 1.807) is 0 Å². The number of sulfonamides is 1. The van der Waals surface area contributed by atoms with Gasteiger partial charge in [-0.25, -0.2) is 12.8 Å². The number of piperidine rings is 2. The molecule has 1 aromatic rings. The topological polar surface area (TPSA) is 77.9 Å². The van der Waals surface area contributed by atoms with E-state index in [1.165, 1.54) is 16.4 Å². The predicted octanol–water partition coefficient (Wildman–Crippen LogP) is 2.38. The molecule has 3 fully saturated rings. The molecular weight excluding hydrogens is 395 g/mol. The van der Waals surface area contributed by atoms with Crippen LogP contribution >= 0.6 is 0 Å². The number of likely N-dealkylation sites (tertiary alicyclic amines) is 1. The van der Waals surface area contributed by atoms with Crippen LogP contribution in [0.3, 0.4) is 0 Å². The number of benzene rings is 1. The van der Waals surface area contributed by atoms with Crippen molar-refractivity contribution in [1.82, 2.24) is 9.21 Å². The molecule has 1 saturated carbocycles. The lowest BCUT2D eigenvalue weighted by Gasteiger charge is -2.48. The van der Waals surface area contributed by atoms with Gasteiger partial charge in [-0.05, 0) is 56.4 Å². The second-order valence-corrected chi connectivity index (χ2v) is 10.7. The van der Waals surface area contributed by atoms with Crippen molar-refractivity contribution in [1.29, 1.82) is 0 Å². The Morgan fingerprint density at radius 1 is 1.03 bits per heavy atom. The molecule has 29 heavy (non-hydrogen) atoms. The predicted molar refractivity (Wildman–Crippen MR) is 106 cm³/mol. The highest BCUT2D eigenvalue weighted by Crippen LogP contribution is 2.40. The standard InChI is InChI=1S/C21H29FN2O4S/c22-18-4-6-19(7-5-18)29(27,28)24-12-8-16(9-13-24)20(25)23-14-11-21(26)10-2-1-3-17(21)15-23/h4-7,16-17,26H,1-3,8-15H2/t17-,21-/m1/s1. The molecule has 1 aliphatic carbocycles. The minimum absolute atomic E-state index is 0.0799. The minimum Gasteiger partial charge on any atom is -0.389 e. The number of hydrogen-bond donors (Lipinski definition) is 1. The van der Waals surface area contributed by atoms with Crippen molar-refractivity contribution in [2.75, 3.05) is 26.2 Å². The van der Waals surface area contributed by atoms with Crippen molar-refractivity contribution in [2.45, 2.75) is 55.4 Å². The molecule has 4 rings (SSSR count). The van der Waals surface area contributed by atoms with Crippen LogP contribution in [-0.4, -0.2) is 60.4 Å². The zero-order valence-electron chi connectivity index (χ0n) is 16.6. The highest BCUT2D eigenvalue weighted by molar-refractivity contribution is 7.89. The number of hydrogen-bond acceptors (Lipinski definition) is 4. The zero-order valence-corrected chi connectivity index (χ0v) is 17.4. The fraction of sp³-hybridized carbons (Fsp3) is 0.667. The molecule has 0 aromatic heterocycles. The average molecular weight is 425 g/mol. The minimum atomic E-state index is -3.67. The van der Waals surface area contributed by atoms with E-state index < -0.39 is 21.4 Å². The molecule has 1 N–H and O–H groups in total. The van der Waals surface area contributed by atoms with Crippen molar-refractivity contribution in [3.63, 3.8) is 0 Å². The van der Waals surface area contributed by atoms with Crippen LogP contribution in [0, 0.1) is 17.7 Å². The monoisotopic (exact) mass is 424 g/mol. The van der Waals surface area contributed by atoms with Crippen molar-refractivity contribution in [3.05, 3.63) is 30.1 Å². The van der Waals surface area contributed by atoms with Crippen LogP contribution in [0.25, 0.3) is 0 Å². The number of aliphatic hydroxyl groups is 1. The third-order valence-electron chi connectivity index (χ3n) is 6.99. The van der Waals surface area contributed by atoms with E-state index in [0.29, 0.717) is 32.4 Å². The number of rotatable bonds is 3. The summed E-state index contributed by atoms with van der Waals surface area (Å²) >= 11 is 0. The lowest BCUT2D eigenvalue weighted by molar-refractivity contribution is -0.148. The van der Waals surface area contributed by atoms with Gasteiger partial charge in [0.2, 0.25) is 15.9 Å². The molecule has 0 spiro atoms. The Hall–Kier alpha value is -1.51. The number of halogens is 1. The first-order valence-corrected chi connectivity index (χ1v) is 12.0. The summed E-state index contributed by atoms with van der Waals surface area (Å²) in [5.74, 6) is -0.395. The van der Waals surface area contributed by atoms with Gasteiger partial charge in [0.25, 0.3) is 0 Å². The fourth-order valence-electron chi connectivity index (χ4n) is 5.13. The third-order valence-corrected chi connectivity index (χ3v) is 8.91. The first-order valence-electron chi connectivity index (χ1n) is 10.6. The summed E-state index contributed by atoms with van der Waals surface area (Å²) in [6, 6.07) is 4.85. The Labute approximate surface area is 171 Å². The Morgan fingerprint density at radius 2 is 1.72 bits per heavy atom. The average Bonchev–Trinajstić information content (AvgIpc) is 2.73. The van der Waals surface area contributed by atoms with E-state index in [4.69, 9.17) is 0 Å². The molecule has 1 aromatic carbocycles. The Bertz CT molecular complexity index is 852. The lowest BCUT2D eigenvalue weighted by Crippen LogP contribution is -2.56. The third kappa shape index (κ3) is 4.07. The Kier molecular flexibility index (Phi) is 5.70. The van der Waals surface area contributed by atoms with Crippen LogP contribution < -0.4 is 0 Å². The lowest BCUT2D eigenvalue weighted by atomic mass is 9.71. The molecule has 2 heterocycles. The molecule has 2 saturated heterocycles. The van der Waals surface area contributed by atoms with Crippen molar-refractivity contribution >= 4 is 15.9 Å². The smallest absolute Gasteiger partial charge is 0.243 e. The van der Waals surface area contributed by atoms with Gasteiger partial charge in [-0.2, -0.15) is 4.31 Å². The van der Waals surface area contributed by atoms with Gasteiger partial charge in [0.05, 0.1) is 10.5 Å². The summed E-state index contributed by atoms with van der Waals surface area (Å²) in [4.78, 5) is 15.0. The van der Waals surface area contributed by atoms with Crippen molar-refractivity contribution in [2.24, 2.45) is 11.8 Å². The molecule has 2 aliphatic heterocycles. The summed E-state index contributed by atoms with van der Waals surface area (Å²) < 4.78 is 40.0. The molecule has 2 atom stereocenters. The van der Waals surface area contributed by atoms with Crippen LogP contribution in [0.2, 0.25) is 0 Å². The number of fused-ring (bicyclic) bond motifs is 1. The van der Waals surface area contributed by atoms with Crippen LogP contribution in [0.15, 0.2) is 29.2 Å². The normalized spacial score (nSPS) is 29.4. The quantitative estimate of drug-likeness (QED) is 0.808. The van der Waals surface area contributed by atoms with Crippen LogP contribution in [-0.2, 0) is 14.8 Å². The van der Waals surface area contributed by atoms with Crippen molar-refractivity contribution < 1.29 is 22.7 Å². The van der Waals surface area contributed by atoms with E-state index in [1.807, 2.05) is 4.90 Å². The SMILES string of the molecule is O=C(C1CCN(S(=O)(=O)c2ccc(F)cc2)CC1)N1CC[C@]2(O)CCCC[C@@H]2C1. The maximum atomic E-state index is 13.1.